The van der Waals surface area contributed by atoms with Crippen molar-refractivity contribution in [1.29, 1.82) is 0 Å². The Morgan fingerprint density at radius 2 is 1.88 bits per heavy atom. The van der Waals surface area contributed by atoms with Crippen molar-refractivity contribution in [3.63, 3.8) is 0 Å². The molecule has 2 rings (SSSR count). The quantitative estimate of drug-likeness (QED) is 0.819. The SMILES string of the molecule is Cc1cc(C)n(Cc2ccc(Cl)cc2)c(=O)n1. The average molecular weight is 249 g/mol. The van der Waals surface area contributed by atoms with Crippen molar-refractivity contribution in [3.05, 3.63) is 62.8 Å². The van der Waals surface area contributed by atoms with E-state index in [1.807, 2.05) is 44.2 Å². The summed E-state index contributed by atoms with van der Waals surface area (Å²) in [5, 5.41) is 0.694. The third kappa shape index (κ3) is 2.74. The maximum absolute atomic E-state index is 11.8. The van der Waals surface area contributed by atoms with E-state index in [1.54, 1.807) is 4.57 Å². The molecule has 0 N–H and O–H groups in total. The number of hydrogen-bond donors (Lipinski definition) is 0. The number of aromatic nitrogens is 2. The predicted octanol–water partition coefficient (Wildman–Crippen LogP) is 2.56. The van der Waals surface area contributed by atoms with Crippen LogP contribution in [0.1, 0.15) is 17.0 Å². The van der Waals surface area contributed by atoms with Crippen molar-refractivity contribution < 1.29 is 0 Å². The Kier molecular flexibility index (Phi) is 3.29. The van der Waals surface area contributed by atoms with Crippen molar-refractivity contribution >= 4 is 11.6 Å². The molecular formula is C13H13ClN2O. The zero-order chi connectivity index (χ0) is 12.4. The van der Waals surface area contributed by atoms with Gasteiger partial charge in [-0.1, -0.05) is 23.7 Å². The van der Waals surface area contributed by atoms with Gasteiger partial charge in [0.1, 0.15) is 0 Å². The highest BCUT2D eigenvalue weighted by atomic mass is 35.5. The van der Waals surface area contributed by atoms with Gasteiger partial charge in [0.2, 0.25) is 0 Å². The van der Waals surface area contributed by atoms with E-state index >= 15 is 0 Å². The maximum Gasteiger partial charge on any atom is 0.348 e. The van der Waals surface area contributed by atoms with Gasteiger partial charge in [-0.2, -0.15) is 4.98 Å². The van der Waals surface area contributed by atoms with E-state index in [-0.39, 0.29) is 5.69 Å². The average Bonchev–Trinajstić information content (AvgIpc) is 2.26. The molecule has 0 atom stereocenters. The van der Waals surface area contributed by atoms with Gasteiger partial charge in [0.15, 0.2) is 0 Å². The van der Waals surface area contributed by atoms with E-state index < -0.39 is 0 Å². The molecule has 0 amide bonds. The van der Waals surface area contributed by atoms with Gasteiger partial charge in [-0.3, -0.25) is 4.57 Å². The molecule has 0 aliphatic heterocycles. The molecule has 17 heavy (non-hydrogen) atoms. The third-order valence-corrected chi connectivity index (χ3v) is 2.85. The topological polar surface area (TPSA) is 34.9 Å². The Bertz CT molecular complexity index is 587. The second-order valence-corrected chi connectivity index (χ2v) is 4.47. The molecule has 0 bridgehead atoms. The van der Waals surface area contributed by atoms with Crippen LogP contribution in [-0.4, -0.2) is 9.55 Å². The van der Waals surface area contributed by atoms with Gasteiger partial charge in [-0.05, 0) is 37.6 Å². The molecule has 0 saturated heterocycles. The summed E-state index contributed by atoms with van der Waals surface area (Å²) >= 11 is 5.82. The molecule has 0 fully saturated rings. The second-order valence-electron chi connectivity index (χ2n) is 4.03. The number of rotatable bonds is 2. The van der Waals surface area contributed by atoms with Crippen LogP contribution in [0.25, 0.3) is 0 Å². The van der Waals surface area contributed by atoms with E-state index in [2.05, 4.69) is 4.98 Å². The number of halogens is 1. The van der Waals surface area contributed by atoms with Gasteiger partial charge in [-0.25, -0.2) is 4.79 Å². The Labute approximate surface area is 105 Å². The standard InChI is InChI=1S/C13H13ClN2O/c1-9-7-10(2)16(13(17)15-9)8-11-3-5-12(14)6-4-11/h3-7H,8H2,1-2H3. The van der Waals surface area contributed by atoms with Gasteiger partial charge < -0.3 is 0 Å². The zero-order valence-corrected chi connectivity index (χ0v) is 10.5. The second kappa shape index (κ2) is 4.72. The molecule has 4 heteroatoms. The van der Waals surface area contributed by atoms with Gasteiger partial charge >= 0.3 is 5.69 Å². The first-order valence-corrected chi connectivity index (χ1v) is 5.73. The van der Waals surface area contributed by atoms with Crippen LogP contribution in [0.2, 0.25) is 5.02 Å². The van der Waals surface area contributed by atoms with Crippen LogP contribution < -0.4 is 5.69 Å². The maximum atomic E-state index is 11.8. The van der Waals surface area contributed by atoms with Crippen LogP contribution in [0.4, 0.5) is 0 Å². The molecule has 1 aromatic heterocycles. The van der Waals surface area contributed by atoms with Crippen molar-refractivity contribution in [2.45, 2.75) is 20.4 Å². The third-order valence-electron chi connectivity index (χ3n) is 2.60. The van der Waals surface area contributed by atoms with Gasteiger partial charge in [0.25, 0.3) is 0 Å². The van der Waals surface area contributed by atoms with Gasteiger partial charge in [0.05, 0.1) is 6.54 Å². The molecule has 0 saturated carbocycles. The van der Waals surface area contributed by atoms with Crippen LogP contribution in [0.5, 0.6) is 0 Å². The Balaban J connectivity index is 2.36. The van der Waals surface area contributed by atoms with E-state index in [0.717, 1.165) is 17.0 Å². The first-order valence-electron chi connectivity index (χ1n) is 5.36. The van der Waals surface area contributed by atoms with Crippen LogP contribution in [0.3, 0.4) is 0 Å². The number of hydrogen-bond acceptors (Lipinski definition) is 2. The van der Waals surface area contributed by atoms with Gasteiger partial charge in [0, 0.05) is 16.4 Å². The van der Waals surface area contributed by atoms with E-state index in [4.69, 9.17) is 11.6 Å². The summed E-state index contributed by atoms with van der Waals surface area (Å²) in [7, 11) is 0. The molecule has 3 nitrogen and oxygen atoms in total. The predicted molar refractivity (Wildman–Crippen MR) is 68.5 cm³/mol. The van der Waals surface area contributed by atoms with E-state index in [1.165, 1.54) is 0 Å². The fourth-order valence-electron chi connectivity index (χ4n) is 1.74. The molecule has 0 aliphatic rings. The molecule has 88 valence electrons. The van der Waals surface area contributed by atoms with Crippen LogP contribution in [0, 0.1) is 13.8 Å². The Morgan fingerprint density at radius 1 is 1.24 bits per heavy atom. The molecule has 0 radical (unpaired) electrons. The van der Waals surface area contributed by atoms with Gasteiger partial charge in [-0.15, -0.1) is 0 Å². The lowest BCUT2D eigenvalue weighted by atomic mass is 10.2. The fraction of sp³-hybridized carbons (Fsp3) is 0.231. The first kappa shape index (κ1) is 11.9. The minimum Gasteiger partial charge on any atom is -0.292 e. The summed E-state index contributed by atoms with van der Waals surface area (Å²) in [6.07, 6.45) is 0. The van der Waals surface area contributed by atoms with E-state index in [0.29, 0.717) is 11.6 Å². The highest BCUT2D eigenvalue weighted by Gasteiger charge is 2.03. The van der Waals surface area contributed by atoms with Crippen molar-refractivity contribution in [2.75, 3.05) is 0 Å². The summed E-state index contributed by atoms with van der Waals surface area (Å²) in [5.41, 5.74) is 2.49. The summed E-state index contributed by atoms with van der Waals surface area (Å²) in [5.74, 6) is 0. The minimum absolute atomic E-state index is 0.211. The highest BCUT2D eigenvalue weighted by molar-refractivity contribution is 6.30. The summed E-state index contributed by atoms with van der Waals surface area (Å²) in [6.45, 7) is 4.25. The van der Waals surface area contributed by atoms with Crippen LogP contribution >= 0.6 is 11.6 Å². The molecule has 1 aromatic carbocycles. The first-order chi connectivity index (χ1) is 8.06. The van der Waals surface area contributed by atoms with Crippen molar-refractivity contribution in [3.8, 4) is 0 Å². The summed E-state index contributed by atoms with van der Waals surface area (Å²) in [6, 6.07) is 9.36. The van der Waals surface area contributed by atoms with Crippen molar-refractivity contribution in [2.24, 2.45) is 0 Å². The zero-order valence-electron chi connectivity index (χ0n) is 9.77. The van der Waals surface area contributed by atoms with Crippen LogP contribution in [0.15, 0.2) is 35.1 Å². The largest absolute Gasteiger partial charge is 0.348 e. The molecule has 0 aliphatic carbocycles. The summed E-state index contributed by atoms with van der Waals surface area (Å²) < 4.78 is 1.65. The minimum atomic E-state index is -0.211. The highest BCUT2D eigenvalue weighted by Crippen LogP contribution is 2.10. The lowest BCUT2D eigenvalue weighted by molar-refractivity contribution is 0.694. The normalized spacial score (nSPS) is 10.5. The molecule has 0 unspecified atom stereocenters. The number of aryl methyl sites for hydroxylation is 2. The number of benzene rings is 1. The fourth-order valence-corrected chi connectivity index (χ4v) is 1.87. The number of nitrogens with zero attached hydrogens (tertiary/aromatic N) is 2. The Hall–Kier alpha value is -1.61. The lowest BCUT2D eigenvalue weighted by Crippen LogP contribution is -2.26. The Morgan fingerprint density at radius 3 is 2.47 bits per heavy atom. The molecule has 0 spiro atoms. The lowest BCUT2D eigenvalue weighted by Gasteiger charge is -2.09. The van der Waals surface area contributed by atoms with E-state index in [9.17, 15) is 4.79 Å². The smallest absolute Gasteiger partial charge is 0.292 e. The molecule has 1 heterocycles. The van der Waals surface area contributed by atoms with Crippen LogP contribution in [-0.2, 0) is 6.54 Å². The van der Waals surface area contributed by atoms with Crippen molar-refractivity contribution in [1.82, 2.24) is 9.55 Å². The molecular weight excluding hydrogens is 236 g/mol. The monoisotopic (exact) mass is 248 g/mol. The molecule has 2 aromatic rings. The summed E-state index contributed by atoms with van der Waals surface area (Å²) in [4.78, 5) is 15.7.